The molecule has 0 atom stereocenters. The molecule has 0 unspecified atom stereocenters. The average Bonchev–Trinajstić information content (AvgIpc) is 3.85. The summed E-state index contributed by atoms with van der Waals surface area (Å²) < 4.78 is 2.42. The first-order valence-corrected chi connectivity index (χ1v) is 21.5. The van der Waals surface area contributed by atoms with Crippen molar-refractivity contribution in [2.45, 2.75) is 45.4 Å². The third-order valence-corrected chi connectivity index (χ3v) is 13.7. The molecular weight excluding hydrogens is 737 g/mol. The predicted octanol–water partition coefficient (Wildman–Crippen LogP) is 15.9. The summed E-state index contributed by atoms with van der Waals surface area (Å²) in [4.78, 5) is 2.48. The molecule has 294 valence electrons. The quantitative estimate of drug-likeness (QED) is 0.146. The molecule has 61 heavy (non-hydrogen) atoms. The lowest BCUT2D eigenvalue weighted by Crippen LogP contribution is -2.19. The molecule has 0 saturated heterocycles. The highest BCUT2D eigenvalue weighted by Crippen LogP contribution is 2.57. The van der Waals surface area contributed by atoms with Crippen LogP contribution in [0.5, 0.6) is 0 Å². The first kappa shape index (κ1) is 36.9. The average molecular weight is 785 g/mol. The monoisotopic (exact) mass is 784 g/mol. The number of para-hydroxylation sites is 2. The Morgan fingerprint density at radius 3 is 1.54 bits per heavy atom. The van der Waals surface area contributed by atoms with Gasteiger partial charge in [0.25, 0.3) is 0 Å². The van der Waals surface area contributed by atoms with E-state index in [0.717, 1.165) is 22.8 Å². The molecule has 2 nitrogen and oxygen atoms in total. The second-order valence-corrected chi connectivity index (χ2v) is 17.8. The van der Waals surface area contributed by atoms with E-state index in [1.165, 1.54) is 88.2 Å². The van der Waals surface area contributed by atoms with Gasteiger partial charge < -0.3 is 9.47 Å². The van der Waals surface area contributed by atoms with Gasteiger partial charge in [-0.2, -0.15) is 0 Å². The minimum atomic E-state index is -0.141. The number of fused-ring (bicyclic) bond motifs is 10. The minimum Gasteiger partial charge on any atom is -0.309 e. The number of aromatic nitrogens is 1. The van der Waals surface area contributed by atoms with Gasteiger partial charge in [-0.3, -0.25) is 0 Å². The van der Waals surface area contributed by atoms with Crippen molar-refractivity contribution in [1.29, 1.82) is 0 Å². The van der Waals surface area contributed by atoms with Crippen molar-refractivity contribution in [2.75, 3.05) is 4.90 Å². The van der Waals surface area contributed by atoms with E-state index in [4.69, 9.17) is 0 Å². The van der Waals surface area contributed by atoms with Crippen LogP contribution in [0.15, 0.2) is 200 Å². The minimum absolute atomic E-state index is 0.141. The SMILES string of the molecule is C=C/C(=C\C=C(/C)c1cc(-n2c3ccccc3c3ccccc32)cc2ccccc12)N(c1cccc2c1-c1ccccc1C2(C)C)c1cccc2c1-c1ccccc1C2(C)C. The standard InChI is InChI=1S/C59H48N2/c1-7-40(35-34-38(2)47-37-41(36-39-20-8-9-21-42(39)47)61-52-30-16-12-22-43(52)44-23-13-17-31-53(44)61)60(54-32-18-28-50-56(54)45-24-10-14-26-48(45)58(50,3)4)55-33-19-29-51-57(55)46-25-11-15-27-49(46)59(51,5)6/h7-37H,1H2,2-6H3/b38-34+,40-35+. The summed E-state index contributed by atoms with van der Waals surface area (Å²) in [5.74, 6) is 0. The lowest BCUT2D eigenvalue weighted by molar-refractivity contribution is 0.660. The van der Waals surface area contributed by atoms with Crippen LogP contribution in [0.3, 0.4) is 0 Å². The van der Waals surface area contributed by atoms with Crippen molar-refractivity contribution in [1.82, 2.24) is 4.57 Å². The van der Waals surface area contributed by atoms with Gasteiger partial charge in [0.2, 0.25) is 0 Å². The summed E-state index contributed by atoms with van der Waals surface area (Å²) in [6.45, 7) is 16.2. The van der Waals surface area contributed by atoms with E-state index in [9.17, 15) is 0 Å². The van der Waals surface area contributed by atoms with Crippen LogP contribution in [0.4, 0.5) is 11.4 Å². The van der Waals surface area contributed by atoms with Crippen molar-refractivity contribution < 1.29 is 0 Å². The van der Waals surface area contributed by atoms with Gasteiger partial charge in [-0.1, -0.05) is 174 Å². The Balaban J connectivity index is 1.14. The first-order chi connectivity index (χ1) is 29.7. The molecule has 2 heteroatoms. The van der Waals surface area contributed by atoms with Crippen LogP contribution in [0.2, 0.25) is 0 Å². The largest absolute Gasteiger partial charge is 0.309 e. The number of benzene rings is 8. The zero-order valence-electron chi connectivity index (χ0n) is 35.5. The summed E-state index contributed by atoms with van der Waals surface area (Å²) in [6, 6.07) is 62.6. The molecule has 8 aromatic carbocycles. The van der Waals surface area contributed by atoms with Gasteiger partial charge in [0, 0.05) is 44.1 Å². The van der Waals surface area contributed by atoms with Gasteiger partial charge in [-0.05, 0) is 111 Å². The molecule has 0 spiro atoms. The van der Waals surface area contributed by atoms with E-state index in [-0.39, 0.29) is 10.8 Å². The predicted molar refractivity (Wildman–Crippen MR) is 260 cm³/mol. The Kier molecular flexibility index (Phi) is 8.28. The lowest BCUT2D eigenvalue weighted by atomic mass is 9.82. The number of allylic oxidation sites excluding steroid dienone is 4. The fourth-order valence-corrected chi connectivity index (χ4v) is 10.7. The summed E-state index contributed by atoms with van der Waals surface area (Å²) in [5.41, 5.74) is 19.5. The van der Waals surface area contributed by atoms with E-state index < -0.39 is 0 Å². The van der Waals surface area contributed by atoms with Crippen LogP contribution in [0.1, 0.15) is 62.4 Å². The maximum atomic E-state index is 4.53. The number of rotatable bonds is 7. The van der Waals surface area contributed by atoms with E-state index in [1.807, 2.05) is 6.08 Å². The van der Waals surface area contributed by atoms with Crippen LogP contribution < -0.4 is 4.90 Å². The Morgan fingerprint density at radius 1 is 0.508 bits per heavy atom. The van der Waals surface area contributed by atoms with Gasteiger partial charge >= 0.3 is 0 Å². The number of anilines is 2. The summed E-state index contributed by atoms with van der Waals surface area (Å²) in [7, 11) is 0. The second-order valence-electron chi connectivity index (χ2n) is 17.8. The molecule has 0 amide bonds. The maximum absolute atomic E-state index is 4.53. The second kappa shape index (κ2) is 13.7. The van der Waals surface area contributed by atoms with Crippen LogP contribution in [0.25, 0.3) is 66.1 Å². The molecule has 2 aliphatic rings. The zero-order chi connectivity index (χ0) is 41.6. The molecule has 0 aliphatic heterocycles. The van der Waals surface area contributed by atoms with Gasteiger partial charge in [-0.15, -0.1) is 0 Å². The van der Waals surface area contributed by atoms with Gasteiger partial charge in [-0.25, -0.2) is 0 Å². The molecule has 11 rings (SSSR count). The summed E-state index contributed by atoms with van der Waals surface area (Å²) in [6.07, 6.45) is 6.61. The zero-order valence-corrected chi connectivity index (χ0v) is 35.5. The van der Waals surface area contributed by atoms with Crippen LogP contribution in [-0.4, -0.2) is 4.57 Å². The van der Waals surface area contributed by atoms with Crippen molar-refractivity contribution in [3.05, 3.63) is 228 Å². The molecule has 2 aliphatic carbocycles. The molecule has 0 saturated carbocycles. The van der Waals surface area contributed by atoms with Crippen LogP contribution in [0, 0.1) is 0 Å². The third-order valence-electron chi connectivity index (χ3n) is 13.7. The van der Waals surface area contributed by atoms with E-state index in [2.05, 4.69) is 233 Å². The van der Waals surface area contributed by atoms with E-state index >= 15 is 0 Å². The third kappa shape index (κ3) is 5.41. The van der Waals surface area contributed by atoms with Gasteiger partial charge in [0.15, 0.2) is 0 Å². The molecule has 1 aromatic heterocycles. The summed E-state index contributed by atoms with van der Waals surface area (Å²) >= 11 is 0. The van der Waals surface area contributed by atoms with E-state index in [1.54, 1.807) is 0 Å². The van der Waals surface area contributed by atoms with Crippen molar-refractivity contribution >= 4 is 49.5 Å². The highest BCUT2D eigenvalue weighted by molar-refractivity contribution is 6.10. The van der Waals surface area contributed by atoms with Crippen molar-refractivity contribution in [3.8, 4) is 27.9 Å². The Hall–Kier alpha value is -7.16. The first-order valence-electron chi connectivity index (χ1n) is 21.5. The molecule has 0 N–H and O–H groups in total. The molecule has 9 aromatic rings. The van der Waals surface area contributed by atoms with Gasteiger partial charge in [0.1, 0.15) is 0 Å². The van der Waals surface area contributed by atoms with Crippen LogP contribution >= 0.6 is 0 Å². The number of hydrogen-bond donors (Lipinski definition) is 0. The van der Waals surface area contributed by atoms with E-state index in [0.29, 0.717) is 0 Å². The normalized spacial score (nSPS) is 14.8. The summed E-state index contributed by atoms with van der Waals surface area (Å²) in [5, 5.41) is 4.96. The number of hydrogen-bond acceptors (Lipinski definition) is 1. The Morgan fingerprint density at radius 2 is 0.984 bits per heavy atom. The maximum Gasteiger partial charge on any atom is 0.0543 e. The highest BCUT2D eigenvalue weighted by atomic mass is 15.2. The van der Waals surface area contributed by atoms with Crippen molar-refractivity contribution in [3.63, 3.8) is 0 Å². The molecule has 0 bridgehead atoms. The highest BCUT2D eigenvalue weighted by Gasteiger charge is 2.40. The molecular formula is C59H48N2. The topological polar surface area (TPSA) is 8.17 Å². The molecule has 0 radical (unpaired) electrons. The fourth-order valence-electron chi connectivity index (χ4n) is 10.7. The molecule has 1 heterocycles. The smallest absolute Gasteiger partial charge is 0.0543 e. The Labute approximate surface area is 359 Å². The fraction of sp³-hybridized carbons (Fsp3) is 0.119. The molecule has 0 fully saturated rings. The van der Waals surface area contributed by atoms with Crippen molar-refractivity contribution in [2.24, 2.45) is 0 Å². The van der Waals surface area contributed by atoms with Crippen LogP contribution in [-0.2, 0) is 10.8 Å². The number of nitrogens with zero attached hydrogens (tertiary/aromatic N) is 2. The lowest BCUT2D eigenvalue weighted by Gasteiger charge is -2.31. The van der Waals surface area contributed by atoms with Gasteiger partial charge in [0.05, 0.1) is 22.4 Å². The Bertz CT molecular complexity index is 3190.